The smallest absolute Gasteiger partial charge is 0.194 e. The molecule has 4 nitrogen and oxygen atoms in total. The molecule has 2 aliphatic rings. The molecule has 1 N–H and O–H groups in total. The molecule has 5 heteroatoms. The summed E-state index contributed by atoms with van der Waals surface area (Å²) in [5.41, 5.74) is 0. The van der Waals surface area contributed by atoms with Gasteiger partial charge >= 0.3 is 0 Å². The molecule has 1 heterocycles. The molecule has 2 rings (SSSR count). The Kier molecular flexibility index (Phi) is 7.17. The summed E-state index contributed by atoms with van der Waals surface area (Å²) in [5.74, 6) is 2.36. The van der Waals surface area contributed by atoms with E-state index in [-0.39, 0.29) is 0 Å². The number of hydrogen-bond acceptors (Lipinski definition) is 3. The minimum absolute atomic E-state index is 0.765. The zero-order valence-electron chi connectivity index (χ0n) is 14.0. The third-order valence-electron chi connectivity index (χ3n) is 4.35. The van der Waals surface area contributed by atoms with Crippen molar-refractivity contribution in [3.8, 4) is 0 Å². The fourth-order valence-corrected chi connectivity index (χ4v) is 4.09. The average Bonchev–Trinajstić information content (AvgIpc) is 3.35. The first-order valence-electron chi connectivity index (χ1n) is 8.67. The minimum atomic E-state index is 0.765. The number of nitrogens with one attached hydrogen (secondary N) is 1. The summed E-state index contributed by atoms with van der Waals surface area (Å²) in [7, 11) is 0. The van der Waals surface area contributed by atoms with Crippen LogP contribution in [0, 0.1) is 0 Å². The second-order valence-electron chi connectivity index (χ2n) is 5.94. The zero-order valence-corrected chi connectivity index (χ0v) is 14.8. The topological polar surface area (TPSA) is 30.9 Å². The van der Waals surface area contributed by atoms with Crippen LogP contribution in [0.15, 0.2) is 4.99 Å². The van der Waals surface area contributed by atoms with Crippen molar-refractivity contribution in [3.63, 3.8) is 0 Å². The molecule has 1 saturated carbocycles. The summed E-state index contributed by atoms with van der Waals surface area (Å²) < 4.78 is 0. The molecule has 0 spiro atoms. The van der Waals surface area contributed by atoms with Gasteiger partial charge < -0.3 is 10.2 Å². The minimum Gasteiger partial charge on any atom is -0.357 e. The van der Waals surface area contributed by atoms with E-state index in [9.17, 15) is 0 Å². The summed E-state index contributed by atoms with van der Waals surface area (Å²) in [6.45, 7) is 13.1. The van der Waals surface area contributed by atoms with E-state index in [0.717, 1.165) is 56.5 Å². The molecule has 0 amide bonds. The van der Waals surface area contributed by atoms with Gasteiger partial charge in [0.2, 0.25) is 0 Å². The molecular weight excluding hydrogens is 280 g/mol. The molecule has 1 unspecified atom stereocenters. The first kappa shape index (κ1) is 16.9. The van der Waals surface area contributed by atoms with Gasteiger partial charge in [-0.25, -0.2) is 0 Å². The van der Waals surface area contributed by atoms with Gasteiger partial charge in [0.15, 0.2) is 5.96 Å². The van der Waals surface area contributed by atoms with E-state index in [1.54, 1.807) is 0 Å². The van der Waals surface area contributed by atoms with Gasteiger partial charge in [-0.05, 0) is 32.7 Å². The van der Waals surface area contributed by atoms with Crippen LogP contribution in [0.1, 0.15) is 40.0 Å². The standard InChI is InChI=1S/C16H32N4S/c1-4-15-13-20(11-12-21-15)16(17-5-2)18-9-10-19(6-3)14-7-8-14/h14-15H,4-13H2,1-3H3,(H,17,18). The van der Waals surface area contributed by atoms with Gasteiger partial charge in [0.1, 0.15) is 0 Å². The number of thioether (sulfide) groups is 1. The van der Waals surface area contributed by atoms with Crippen LogP contribution < -0.4 is 5.32 Å². The molecule has 1 aliphatic heterocycles. The Balaban J connectivity index is 1.85. The van der Waals surface area contributed by atoms with Crippen molar-refractivity contribution >= 4 is 17.7 Å². The Morgan fingerprint density at radius 1 is 1.33 bits per heavy atom. The quantitative estimate of drug-likeness (QED) is 0.577. The van der Waals surface area contributed by atoms with Gasteiger partial charge in [-0.1, -0.05) is 13.8 Å². The van der Waals surface area contributed by atoms with E-state index in [0.29, 0.717) is 0 Å². The van der Waals surface area contributed by atoms with Gasteiger partial charge in [-0.2, -0.15) is 11.8 Å². The molecule has 21 heavy (non-hydrogen) atoms. The second-order valence-corrected chi connectivity index (χ2v) is 7.35. The molecule has 2 fully saturated rings. The first-order chi connectivity index (χ1) is 10.3. The van der Waals surface area contributed by atoms with Gasteiger partial charge in [0.05, 0.1) is 6.54 Å². The Morgan fingerprint density at radius 3 is 2.76 bits per heavy atom. The molecule has 1 aliphatic carbocycles. The predicted molar refractivity (Wildman–Crippen MR) is 94.4 cm³/mol. The van der Waals surface area contributed by atoms with E-state index < -0.39 is 0 Å². The van der Waals surface area contributed by atoms with Crippen LogP contribution in [-0.2, 0) is 0 Å². The third-order valence-corrected chi connectivity index (χ3v) is 5.72. The fourth-order valence-electron chi connectivity index (χ4n) is 2.91. The molecule has 0 aromatic heterocycles. The SMILES string of the molecule is CCNC(=NCCN(CC)C1CC1)N1CCSC(CC)C1. The molecule has 1 saturated heterocycles. The molecular formula is C16H32N4S. The molecule has 0 radical (unpaired) electrons. The highest BCUT2D eigenvalue weighted by Gasteiger charge is 2.27. The van der Waals surface area contributed by atoms with Crippen LogP contribution in [0.2, 0.25) is 0 Å². The zero-order chi connectivity index (χ0) is 15.1. The Bertz CT molecular complexity index is 330. The monoisotopic (exact) mass is 312 g/mol. The summed E-state index contributed by atoms with van der Waals surface area (Å²) in [5, 5.41) is 4.25. The van der Waals surface area contributed by atoms with Crippen molar-refractivity contribution in [2.24, 2.45) is 4.99 Å². The van der Waals surface area contributed by atoms with Crippen molar-refractivity contribution < 1.29 is 0 Å². The van der Waals surface area contributed by atoms with E-state index in [1.807, 2.05) is 0 Å². The van der Waals surface area contributed by atoms with Crippen LogP contribution in [-0.4, -0.2) is 72.1 Å². The molecule has 0 aromatic rings. The highest BCUT2D eigenvalue weighted by molar-refractivity contribution is 8.00. The van der Waals surface area contributed by atoms with Crippen LogP contribution in [0.3, 0.4) is 0 Å². The van der Waals surface area contributed by atoms with Crippen molar-refractivity contribution in [1.82, 2.24) is 15.1 Å². The maximum absolute atomic E-state index is 4.88. The molecule has 1 atom stereocenters. The lowest BCUT2D eigenvalue weighted by Gasteiger charge is -2.34. The van der Waals surface area contributed by atoms with E-state index >= 15 is 0 Å². The maximum atomic E-state index is 4.88. The van der Waals surface area contributed by atoms with E-state index in [2.05, 4.69) is 47.6 Å². The predicted octanol–water partition coefficient (Wildman–Crippen LogP) is 2.26. The van der Waals surface area contributed by atoms with E-state index in [1.165, 1.54) is 25.0 Å². The lowest BCUT2D eigenvalue weighted by molar-refractivity contribution is 0.285. The molecule has 122 valence electrons. The maximum Gasteiger partial charge on any atom is 0.194 e. The van der Waals surface area contributed by atoms with Crippen molar-refractivity contribution in [3.05, 3.63) is 0 Å². The van der Waals surface area contributed by atoms with E-state index in [4.69, 9.17) is 4.99 Å². The van der Waals surface area contributed by atoms with Crippen LogP contribution in [0.5, 0.6) is 0 Å². The molecule has 0 bridgehead atoms. The summed E-state index contributed by atoms with van der Waals surface area (Å²) in [4.78, 5) is 9.92. The summed E-state index contributed by atoms with van der Waals surface area (Å²) in [6, 6.07) is 0.851. The highest BCUT2D eigenvalue weighted by Crippen LogP contribution is 2.26. The number of nitrogens with zero attached hydrogens (tertiary/aromatic N) is 3. The Morgan fingerprint density at radius 2 is 2.14 bits per heavy atom. The third kappa shape index (κ3) is 5.37. The summed E-state index contributed by atoms with van der Waals surface area (Å²) >= 11 is 2.11. The molecule has 0 aromatic carbocycles. The first-order valence-corrected chi connectivity index (χ1v) is 9.72. The average molecular weight is 313 g/mol. The van der Waals surface area contributed by atoms with Gasteiger partial charge in [0.25, 0.3) is 0 Å². The number of likely N-dealkylation sites (N-methyl/N-ethyl adjacent to an activating group) is 1. The Labute approximate surface area is 134 Å². The number of hydrogen-bond donors (Lipinski definition) is 1. The van der Waals surface area contributed by atoms with Gasteiger partial charge in [0, 0.05) is 43.2 Å². The summed E-state index contributed by atoms with van der Waals surface area (Å²) in [6.07, 6.45) is 4.03. The number of aliphatic imine (C=N–C) groups is 1. The van der Waals surface area contributed by atoms with Crippen molar-refractivity contribution in [1.29, 1.82) is 0 Å². The van der Waals surface area contributed by atoms with Crippen molar-refractivity contribution in [2.45, 2.75) is 51.3 Å². The van der Waals surface area contributed by atoms with Gasteiger partial charge in [-0.3, -0.25) is 9.89 Å². The lowest BCUT2D eigenvalue weighted by atomic mass is 10.3. The lowest BCUT2D eigenvalue weighted by Crippen LogP contribution is -2.48. The van der Waals surface area contributed by atoms with Gasteiger partial charge in [-0.15, -0.1) is 0 Å². The number of guanidine groups is 1. The van der Waals surface area contributed by atoms with Crippen LogP contribution in [0.25, 0.3) is 0 Å². The van der Waals surface area contributed by atoms with Crippen LogP contribution >= 0.6 is 11.8 Å². The fraction of sp³-hybridized carbons (Fsp3) is 0.938. The highest BCUT2D eigenvalue weighted by atomic mass is 32.2. The van der Waals surface area contributed by atoms with Crippen LogP contribution in [0.4, 0.5) is 0 Å². The second kappa shape index (κ2) is 8.89. The number of rotatable bonds is 7. The normalized spacial score (nSPS) is 23.7. The largest absolute Gasteiger partial charge is 0.357 e. The van der Waals surface area contributed by atoms with Crippen molar-refractivity contribution in [2.75, 3.05) is 45.0 Å². The Hall–Kier alpha value is -0.420.